The van der Waals surface area contributed by atoms with Gasteiger partial charge in [-0.2, -0.15) is 0 Å². The highest BCUT2D eigenvalue weighted by atomic mass is 15.2. The Morgan fingerprint density at radius 1 is 0.622 bits per heavy atom. The molecule has 0 spiro atoms. The van der Waals surface area contributed by atoms with Gasteiger partial charge in [0.1, 0.15) is 11.7 Å². The third-order valence-corrected chi connectivity index (χ3v) is 10.0. The number of quaternary nitrogens is 1. The number of fused-ring (bicyclic) bond motifs is 7. The predicted octanol–water partition coefficient (Wildman–Crippen LogP) is 9.03. The van der Waals surface area contributed by atoms with Crippen molar-refractivity contribution >= 4 is 27.5 Å². The molecule has 8 rings (SSSR count). The highest BCUT2D eigenvalue weighted by molar-refractivity contribution is 6.13. The SMILES string of the molecule is CC(c1ccccc1)[NH+](c1ccccc1)C(N)c1cccc(-n2c3ccccc3c3ccc4c(c32)C(C)(C)c2ccccc2-4)c1. The molecule has 3 nitrogen and oxygen atoms in total. The van der Waals surface area contributed by atoms with Crippen molar-refractivity contribution in [1.82, 2.24) is 4.57 Å². The molecule has 0 saturated carbocycles. The molecule has 3 heteroatoms. The molecule has 1 aliphatic rings. The number of nitrogens with one attached hydrogen (secondary N) is 1. The summed E-state index contributed by atoms with van der Waals surface area (Å²) < 4.78 is 2.48. The summed E-state index contributed by atoms with van der Waals surface area (Å²) in [4.78, 5) is 1.22. The number of hydrogen-bond acceptors (Lipinski definition) is 1. The van der Waals surface area contributed by atoms with Crippen LogP contribution in [-0.2, 0) is 5.41 Å². The molecule has 0 radical (unpaired) electrons. The molecule has 0 aliphatic heterocycles. The third kappa shape index (κ3) is 4.27. The van der Waals surface area contributed by atoms with Crippen LogP contribution >= 0.6 is 0 Å². The summed E-state index contributed by atoms with van der Waals surface area (Å²) in [6.45, 7) is 7.02. The zero-order valence-electron chi connectivity index (χ0n) is 26.0. The monoisotopic (exact) mass is 584 g/mol. The van der Waals surface area contributed by atoms with E-state index >= 15 is 0 Å². The first-order chi connectivity index (χ1) is 21.9. The first-order valence-corrected chi connectivity index (χ1v) is 15.9. The summed E-state index contributed by atoms with van der Waals surface area (Å²) in [6.07, 6.45) is -0.276. The van der Waals surface area contributed by atoms with Crippen LogP contribution in [0.4, 0.5) is 5.69 Å². The molecular weight excluding hydrogens is 546 g/mol. The van der Waals surface area contributed by atoms with Crippen molar-refractivity contribution in [3.63, 3.8) is 0 Å². The number of aromatic nitrogens is 1. The summed E-state index contributed by atoms with van der Waals surface area (Å²) in [7, 11) is 0. The van der Waals surface area contributed by atoms with Crippen molar-refractivity contribution < 1.29 is 4.90 Å². The van der Waals surface area contributed by atoms with Gasteiger partial charge in [-0.25, -0.2) is 0 Å². The van der Waals surface area contributed by atoms with Crippen molar-refractivity contribution in [3.8, 4) is 16.8 Å². The predicted molar refractivity (Wildman–Crippen MR) is 187 cm³/mol. The fourth-order valence-electron chi connectivity index (χ4n) is 7.87. The standard InChI is InChI=1S/C42H37N3/c1-28(29-15-6-4-7-16-29)44(31-18-8-5-9-19-31)41(43)30-17-14-20-32(27-30)45-38-24-13-11-22-34(38)36-26-25-35-33-21-10-12-23-37(33)42(2,3)39(35)40(36)45/h4-28,41H,43H2,1-3H3/p+1. The van der Waals surface area contributed by atoms with E-state index in [2.05, 4.69) is 171 Å². The molecule has 1 heterocycles. The van der Waals surface area contributed by atoms with E-state index in [4.69, 9.17) is 5.73 Å². The maximum atomic E-state index is 7.30. The third-order valence-electron chi connectivity index (χ3n) is 10.0. The normalized spacial score (nSPS) is 15.5. The lowest BCUT2D eigenvalue weighted by Crippen LogP contribution is -3.09. The van der Waals surface area contributed by atoms with Gasteiger partial charge < -0.3 is 4.57 Å². The molecule has 3 atom stereocenters. The maximum absolute atomic E-state index is 7.30. The van der Waals surface area contributed by atoms with Crippen molar-refractivity contribution in [1.29, 1.82) is 0 Å². The maximum Gasteiger partial charge on any atom is 0.170 e. The second kappa shape index (κ2) is 10.6. The van der Waals surface area contributed by atoms with Gasteiger partial charge in [-0.1, -0.05) is 129 Å². The van der Waals surface area contributed by atoms with Crippen LogP contribution in [0.15, 0.2) is 146 Å². The van der Waals surface area contributed by atoms with Crippen LogP contribution in [0.1, 0.15) is 55.2 Å². The molecule has 6 aromatic carbocycles. The lowest BCUT2D eigenvalue weighted by Gasteiger charge is -2.31. The molecule has 0 saturated heterocycles. The lowest BCUT2D eigenvalue weighted by atomic mass is 9.81. The van der Waals surface area contributed by atoms with E-state index in [9.17, 15) is 0 Å². The van der Waals surface area contributed by atoms with E-state index in [0.29, 0.717) is 0 Å². The topological polar surface area (TPSA) is 35.4 Å². The first-order valence-electron chi connectivity index (χ1n) is 15.9. The van der Waals surface area contributed by atoms with E-state index in [1.54, 1.807) is 0 Å². The zero-order chi connectivity index (χ0) is 30.7. The van der Waals surface area contributed by atoms with Crippen LogP contribution in [0.25, 0.3) is 38.6 Å². The average Bonchev–Trinajstić information content (AvgIpc) is 3.54. The Balaban J connectivity index is 1.33. The number of para-hydroxylation sites is 2. The van der Waals surface area contributed by atoms with E-state index < -0.39 is 0 Å². The van der Waals surface area contributed by atoms with Crippen LogP contribution in [-0.4, -0.2) is 4.57 Å². The Labute approximate surface area is 265 Å². The average molecular weight is 585 g/mol. The largest absolute Gasteiger partial charge is 0.309 e. The van der Waals surface area contributed by atoms with Gasteiger partial charge in [0.15, 0.2) is 6.17 Å². The van der Waals surface area contributed by atoms with E-state index in [0.717, 1.165) is 11.3 Å². The van der Waals surface area contributed by atoms with E-state index in [1.165, 1.54) is 60.2 Å². The molecule has 0 bridgehead atoms. The van der Waals surface area contributed by atoms with Gasteiger partial charge >= 0.3 is 0 Å². The molecule has 45 heavy (non-hydrogen) atoms. The molecule has 3 unspecified atom stereocenters. The van der Waals surface area contributed by atoms with Gasteiger partial charge in [0.25, 0.3) is 0 Å². The minimum Gasteiger partial charge on any atom is -0.309 e. The Kier molecular flexibility index (Phi) is 6.49. The summed E-state index contributed by atoms with van der Waals surface area (Å²) in [6, 6.07) is 52.8. The van der Waals surface area contributed by atoms with Crippen molar-refractivity contribution in [2.24, 2.45) is 5.73 Å². The van der Waals surface area contributed by atoms with Crippen LogP contribution in [0, 0.1) is 0 Å². The van der Waals surface area contributed by atoms with Gasteiger partial charge in [-0.05, 0) is 59.5 Å². The second-order valence-corrected chi connectivity index (χ2v) is 12.9. The number of rotatable bonds is 6. The van der Waals surface area contributed by atoms with Gasteiger partial charge in [0.2, 0.25) is 0 Å². The van der Waals surface area contributed by atoms with Gasteiger partial charge in [0.05, 0.1) is 11.0 Å². The molecule has 7 aromatic rings. The molecule has 0 amide bonds. The number of benzene rings is 6. The number of nitrogens with two attached hydrogens (primary N) is 1. The first kappa shape index (κ1) is 27.6. The second-order valence-electron chi connectivity index (χ2n) is 12.9. The fourth-order valence-corrected chi connectivity index (χ4v) is 7.87. The van der Waals surface area contributed by atoms with Crippen LogP contribution in [0.3, 0.4) is 0 Å². The molecule has 220 valence electrons. The Hall–Kier alpha value is -4.96. The van der Waals surface area contributed by atoms with Crippen LogP contribution < -0.4 is 10.6 Å². The van der Waals surface area contributed by atoms with Gasteiger partial charge in [-0.15, -0.1) is 0 Å². The van der Waals surface area contributed by atoms with Crippen molar-refractivity contribution in [2.75, 3.05) is 0 Å². The lowest BCUT2D eigenvalue weighted by molar-refractivity contribution is -0.897. The molecule has 1 aliphatic carbocycles. The van der Waals surface area contributed by atoms with Crippen molar-refractivity contribution in [2.45, 2.75) is 38.4 Å². The summed E-state index contributed by atoms with van der Waals surface area (Å²) in [5.41, 5.74) is 19.8. The van der Waals surface area contributed by atoms with Gasteiger partial charge in [0, 0.05) is 33.0 Å². The summed E-state index contributed by atoms with van der Waals surface area (Å²) >= 11 is 0. The zero-order valence-corrected chi connectivity index (χ0v) is 26.0. The minimum absolute atomic E-state index is 0.134. The van der Waals surface area contributed by atoms with E-state index in [1.807, 2.05) is 0 Å². The Morgan fingerprint density at radius 2 is 1.29 bits per heavy atom. The van der Waals surface area contributed by atoms with Crippen LogP contribution in [0.2, 0.25) is 0 Å². The molecule has 3 N–H and O–H groups in total. The quantitative estimate of drug-likeness (QED) is 0.188. The molecule has 0 fully saturated rings. The summed E-state index contributed by atoms with van der Waals surface area (Å²) in [5.74, 6) is 0. The van der Waals surface area contributed by atoms with Crippen molar-refractivity contribution in [3.05, 3.63) is 168 Å². The Bertz CT molecular complexity index is 2180. The smallest absolute Gasteiger partial charge is 0.170 e. The van der Waals surface area contributed by atoms with E-state index in [-0.39, 0.29) is 17.6 Å². The highest BCUT2D eigenvalue weighted by Gasteiger charge is 2.38. The van der Waals surface area contributed by atoms with Crippen LogP contribution in [0.5, 0.6) is 0 Å². The fraction of sp³-hybridized carbons (Fsp3) is 0.143. The molecule has 1 aromatic heterocycles. The highest BCUT2D eigenvalue weighted by Crippen LogP contribution is 2.52. The molecular formula is C42H38N3+. The summed E-state index contributed by atoms with van der Waals surface area (Å²) in [5, 5.41) is 2.56. The minimum atomic E-state index is -0.276. The number of hydrogen-bond donors (Lipinski definition) is 2. The van der Waals surface area contributed by atoms with Gasteiger partial charge in [-0.3, -0.25) is 10.6 Å². The number of nitrogens with zero attached hydrogens (tertiary/aromatic N) is 1. The Morgan fingerprint density at radius 3 is 2.09 bits per heavy atom.